The molecule has 3 amide bonds. The first-order chi connectivity index (χ1) is 13.8. The number of amides is 3. The molecule has 1 atom stereocenters. The van der Waals surface area contributed by atoms with Crippen molar-refractivity contribution in [1.82, 2.24) is 10.2 Å². The third-order valence-corrected chi connectivity index (χ3v) is 5.69. The number of rotatable bonds is 4. The lowest BCUT2D eigenvalue weighted by Gasteiger charge is -2.39. The first-order valence-corrected chi connectivity index (χ1v) is 10.00. The molecule has 0 aromatic heterocycles. The summed E-state index contributed by atoms with van der Waals surface area (Å²) >= 11 is 5.77. The van der Waals surface area contributed by atoms with E-state index in [0.717, 1.165) is 17.5 Å². The summed E-state index contributed by atoms with van der Waals surface area (Å²) in [5.41, 5.74) is 1.94. The highest BCUT2D eigenvalue weighted by atomic mass is 35.5. The summed E-state index contributed by atoms with van der Waals surface area (Å²) in [5.74, 6) is -0.608. The zero-order chi connectivity index (χ0) is 21.0. The van der Waals surface area contributed by atoms with E-state index in [-0.39, 0.29) is 17.0 Å². The average Bonchev–Trinajstić information content (AvgIpc) is 2.70. The largest absolute Gasteiger partial charge is 0.351 e. The second-order valence-electron chi connectivity index (χ2n) is 7.75. The molecule has 1 saturated heterocycles. The molecule has 1 heterocycles. The predicted octanol–water partition coefficient (Wildman–Crippen LogP) is 4.74. The van der Waals surface area contributed by atoms with Crippen molar-refractivity contribution in [3.63, 3.8) is 0 Å². The number of carbonyl (C=O) groups is 2. The number of likely N-dealkylation sites (tertiary alicyclic amines) is 1. The van der Waals surface area contributed by atoms with Crippen LogP contribution in [0.5, 0.6) is 0 Å². The van der Waals surface area contributed by atoms with Crippen molar-refractivity contribution < 1.29 is 14.0 Å². The summed E-state index contributed by atoms with van der Waals surface area (Å²) in [4.78, 5) is 27.1. The fourth-order valence-corrected chi connectivity index (χ4v) is 3.75. The van der Waals surface area contributed by atoms with Gasteiger partial charge in [0.25, 0.3) is 0 Å². The van der Waals surface area contributed by atoms with Crippen molar-refractivity contribution in [3.05, 3.63) is 64.4 Å². The summed E-state index contributed by atoms with van der Waals surface area (Å²) in [6, 6.07) is 11.6. The van der Waals surface area contributed by atoms with E-state index in [1.807, 2.05) is 38.1 Å². The van der Waals surface area contributed by atoms with Crippen LogP contribution in [0, 0.1) is 18.2 Å². The Labute approximate surface area is 175 Å². The quantitative estimate of drug-likeness (QED) is 0.754. The predicted molar refractivity (Wildman–Crippen MR) is 112 cm³/mol. The second-order valence-corrected chi connectivity index (χ2v) is 8.16. The van der Waals surface area contributed by atoms with Gasteiger partial charge in [-0.1, -0.05) is 35.9 Å². The Morgan fingerprint density at radius 2 is 2.00 bits per heavy atom. The van der Waals surface area contributed by atoms with Gasteiger partial charge in [-0.3, -0.25) is 4.79 Å². The third kappa shape index (κ3) is 5.07. The topological polar surface area (TPSA) is 61.4 Å². The smallest absolute Gasteiger partial charge is 0.321 e. The Bertz CT molecular complexity index is 921. The molecule has 0 bridgehead atoms. The van der Waals surface area contributed by atoms with Gasteiger partial charge in [0.05, 0.1) is 10.4 Å². The van der Waals surface area contributed by atoms with Gasteiger partial charge < -0.3 is 15.5 Å². The van der Waals surface area contributed by atoms with E-state index in [1.54, 1.807) is 4.90 Å². The molecule has 2 aromatic carbocycles. The number of anilines is 1. The van der Waals surface area contributed by atoms with Crippen molar-refractivity contribution in [2.45, 2.75) is 33.2 Å². The van der Waals surface area contributed by atoms with Crippen LogP contribution in [0.15, 0.2) is 42.5 Å². The van der Waals surface area contributed by atoms with E-state index >= 15 is 0 Å². The molecule has 0 unspecified atom stereocenters. The van der Waals surface area contributed by atoms with Gasteiger partial charge in [0.15, 0.2) is 0 Å². The van der Waals surface area contributed by atoms with E-state index in [0.29, 0.717) is 31.7 Å². The fraction of sp³-hybridized carbons (Fsp3) is 0.364. The van der Waals surface area contributed by atoms with Crippen LogP contribution in [-0.2, 0) is 11.3 Å². The molecule has 154 valence electrons. The molecular weight excluding hydrogens is 393 g/mol. The number of halogens is 2. The van der Waals surface area contributed by atoms with E-state index in [2.05, 4.69) is 10.6 Å². The maximum absolute atomic E-state index is 13.3. The average molecular weight is 418 g/mol. The highest BCUT2D eigenvalue weighted by Gasteiger charge is 2.39. The first-order valence-electron chi connectivity index (χ1n) is 9.62. The molecule has 2 aromatic rings. The molecule has 0 radical (unpaired) electrons. The van der Waals surface area contributed by atoms with Crippen molar-refractivity contribution in [2.24, 2.45) is 5.41 Å². The van der Waals surface area contributed by atoms with Gasteiger partial charge in [0.2, 0.25) is 5.91 Å². The molecule has 0 spiro atoms. The van der Waals surface area contributed by atoms with Gasteiger partial charge in [-0.15, -0.1) is 0 Å². The van der Waals surface area contributed by atoms with Gasteiger partial charge in [-0.05, 0) is 56.0 Å². The lowest BCUT2D eigenvalue weighted by Crippen LogP contribution is -2.52. The zero-order valence-electron chi connectivity index (χ0n) is 16.6. The zero-order valence-corrected chi connectivity index (χ0v) is 17.4. The van der Waals surface area contributed by atoms with Crippen LogP contribution in [0.3, 0.4) is 0 Å². The van der Waals surface area contributed by atoms with E-state index in [9.17, 15) is 14.0 Å². The molecule has 1 aliphatic heterocycles. The lowest BCUT2D eigenvalue weighted by atomic mass is 9.81. The molecule has 2 N–H and O–H groups in total. The van der Waals surface area contributed by atoms with Crippen LogP contribution in [0.1, 0.15) is 30.9 Å². The molecule has 0 saturated carbocycles. The summed E-state index contributed by atoms with van der Waals surface area (Å²) < 4.78 is 13.3. The van der Waals surface area contributed by atoms with E-state index in [4.69, 9.17) is 11.6 Å². The number of urea groups is 1. The summed E-state index contributed by atoms with van der Waals surface area (Å²) in [6.45, 7) is 5.22. The third-order valence-electron chi connectivity index (χ3n) is 5.40. The van der Waals surface area contributed by atoms with Gasteiger partial charge in [0, 0.05) is 25.3 Å². The molecule has 1 aliphatic rings. The molecular formula is C22H25ClFN3O2. The first kappa shape index (κ1) is 21.1. The van der Waals surface area contributed by atoms with Crippen molar-refractivity contribution >= 4 is 29.2 Å². The Morgan fingerprint density at radius 3 is 2.72 bits per heavy atom. The number of aryl methyl sites for hydroxylation is 1. The van der Waals surface area contributed by atoms with Crippen molar-refractivity contribution in [2.75, 3.05) is 18.4 Å². The molecule has 0 aliphatic carbocycles. The summed E-state index contributed by atoms with van der Waals surface area (Å²) in [6.07, 6.45) is 1.44. The number of benzene rings is 2. The maximum atomic E-state index is 13.3. The number of nitrogens with zero attached hydrogens (tertiary/aromatic N) is 1. The van der Waals surface area contributed by atoms with Gasteiger partial charge in [-0.2, -0.15) is 0 Å². The van der Waals surface area contributed by atoms with Gasteiger partial charge in [0.1, 0.15) is 5.82 Å². The minimum absolute atomic E-state index is 0.0538. The number of carbonyl (C=O) groups excluding carboxylic acids is 2. The summed E-state index contributed by atoms with van der Waals surface area (Å²) in [7, 11) is 0. The van der Waals surface area contributed by atoms with E-state index < -0.39 is 11.2 Å². The number of nitrogens with one attached hydrogen (secondary N) is 2. The normalized spacial score (nSPS) is 19.0. The highest BCUT2D eigenvalue weighted by Crippen LogP contribution is 2.30. The summed E-state index contributed by atoms with van der Waals surface area (Å²) in [5, 5.41) is 5.69. The molecule has 29 heavy (non-hydrogen) atoms. The standard InChI is InChI=1S/C22H25ClFN3O2/c1-15-6-3-4-7-16(15)13-25-20(28)22(2)10-5-11-27(14-22)21(29)26-17-8-9-19(24)18(23)12-17/h3-4,6-9,12H,5,10-11,13-14H2,1-2H3,(H,25,28)(H,26,29)/t22-/m0/s1. The molecule has 7 heteroatoms. The van der Waals surface area contributed by atoms with Crippen molar-refractivity contribution in [3.8, 4) is 0 Å². The SMILES string of the molecule is Cc1ccccc1CNC(=O)[C@@]1(C)CCCN(C(=O)Nc2ccc(F)c(Cl)c2)C1. The van der Waals surface area contributed by atoms with Crippen LogP contribution in [0.4, 0.5) is 14.9 Å². The van der Waals surface area contributed by atoms with Crippen LogP contribution in [0.25, 0.3) is 0 Å². The Morgan fingerprint density at radius 1 is 1.24 bits per heavy atom. The van der Waals surface area contributed by atoms with Crippen LogP contribution in [0.2, 0.25) is 5.02 Å². The van der Waals surface area contributed by atoms with Gasteiger partial charge in [-0.25, -0.2) is 9.18 Å². The number of hydrogen-bond donors (Lipinski definition) is 2. The monoisotopic (exact) mass is 417 g/mol. The lowest BCUT2D eigenvalue weighted by molar-refractivity contribution is -0.132. The molecule has 3 rings (SSSR count). The highest BCUT2D eigenvalue weighted by molar-refractivity contribution is 6.31. The minimum Gasteiger partial charge on any atom is -0.351 e. The van der Waals surface area contributed by atoms with E-state index in [1.165, 1.54) is 18.2 Å². The fourth-order valence-electron chi connectivity index (χ4n) is 3.57. The Balaban J connectivity index is 1.61. The maximum Gasteiger partial charge on any atom is 0.321 e. The van der Waals surface area contributed by atoms with Crippen LogP contribution >= 0.6 is 11.6 Å². The van der Waals surface area contributed by atoms with Gasteiger partial charge >= 0.3 is 6.03 Å². The number of piperidine rings is 1. The Hall–Kier alpha value is -2.60. The Kier molecular flexibility index (Phi) is 6.42. The minimum atomic E-state index is -0.668. The molecule has 1 fully saturated rings. The van der Waals surface area contributed by atoms with Crippen molar-refractivity contribution in [1.29, 1.82) is 0 Å². The molecule has 5 nitrogen and oxygen atoms in total. The van der Waals surface area contributed by atoms with Crippen LogP contribution < -0.4 is 10.6 Å². The number of hydrogen-bond acceptors (Lipinski definition) is 2. The second kappa shape index (κ2) is 8.82. The van der Waals surface area contributed by atoms with Crippen LogP contribution in [-0.4, -0.2) is 29.9 Å².